The minimum absolute atomic E-state index is 0.526. The molecular formula is C17H26N2O. The Balaban J connectivity index is 1.72. The Hall–Kier alpha value is -0.900. The first kappa shape index (κ1) is 14.1. The maximum Gasteiger partial charge on any atom is 0.0594 e. The highest BCUT2D eigenvalue weighted by atomic mass is 16.5. The van der Waals surface area contributed by atoms with Gasteiger partial charge in [0, 0.05) is 25.7 Å². The maximum atomic E-state index is 5.52. The van der Waals surface area contributed by atoms with Gasteiger partial charge in [0.1, 0.15) is 0 Å². The van der Waals surface area contributed by atoms with Crippen molar-refractivity contribution in [3.63, 3.8) is 0 Å². The van der Waals surface area contributed by atoms with Crippen molar-refractivity contribution in [2.75, 3.05) is 45.9 Å². The molecule has 3 heteroatoms. The molecule has 0 spiro atoms. The Morgan fingerprint density at radius 1 is 0.900 bits per heavy atom. The van der Waals surface area contributed by atoms with Crippen molar-refractivity contribution in [3.05, 3.63) is 35.9 Å². The van der Waals surface area contributed by atoms with Gasteiger partial charge in [0.05, 0.1) is 13.2 Å². The van der Waals surface area contributed by atoms with Crippen molar-refractivity contribution in [2.24, 2.45) is 0 Å². The molecule has 1 atom stereocenters. The second-order valence-corrected chi connectivity index (χ2v) is 5.94. The molecule has 2 fully saturated rings. The van der Waals surface area contributed by atoms with Crippen LogP contribution in [0.25, 0.3) is 0 Å². The summed E-state index contributed by atoms with van der Waals surface area (Å²) in [7, 11) is 0. The van der Waals surface area contributed by atoms with Gasteiger partial charge in [-0.3, -0.25) is 4.90 Å². The summed E-state index contributed by atoms with van der Waals surface area (Å²) in [5.41, 5.74) is 1.46. The number of benzene rings is 1. The van der Waals surface area contributed by atoms with E-state index in [1.165, 1.54) is 44.5 Å². The van der Waals surface area contributed by atoms with Crippen molar-refractivity contribution in [1.82, 2.24) is 9.80 Å². The fourth-order valence-corrected chi connectivity index (χ4v) is 3.38. The summed E-state index contributed by atoms with van der Waals surface area (Å²) in [6, 6.07) is 11.5. The number of hydrogen-bond acceptors (Lipinski definition) is 3. The maximum absolute atomic E-state index is 5.52. The smallest absolute Gasteiger partial charge is 0.0594 e. The third-order valence-electron chi connectivity index (χ3n) is 4.55. The Kier molecular flexibility index (Phi) is 5.06. The molecule has 20 heavy (non-hydrogen) atoms. The Morgan fingerprint density at radius 3 is 2.30 bits per heavy atom. The first-order chi connectivity index (χ1) is 9.93. The van der Waals surface area contributed by atoms with Crippen LogP contribution in [0.4, 0.5) is 0 Å². The van der Waals surface area contributed by atoms with Gasteiger partial charge < -0.3 is 9.64 Å². The van der Waals surface area contributed by atoms with E-state index in [1.54, 1.807) is 0 Å². The third kappa shape index (κ3) is 3.60. The van der Waals surface area contributed by atoms with Gasteiger partial charge >= 0.3 is 0 Å². The normalized spacial score (nSPS) is 23.6. The molecule has 0 N–H and O–H groups in total. The molecule has 1 aromatic carbocycles. The number of likely N-dealkylation sites (tertiary alicyclic amines) is 1. The lowest BCUT2D eigenvalue weighted by Crippen LogP contribution is -2.44. The largest absolute Gasteiger partial charge is 0.379 e. The van der Waals surface area contributed by atoms with E-state index >= 15 is 0 Å². The van der Waals surface area contributed by atoms with Gasteiger partial charge in [-0.05, 0) is 31.5 Å². The van der Waals surface area contributed by atoms with Crippen LogP contribution < -0.4 is 0 Å². The predicted octanol–water partition coefficient (Wildman–Crippen LogP) is 2.55. The molecule has 0 aliphatic carbocycles. The van der Waals surface area contributed by atoms with Crippen LogP contribution >= 0.6 is 0 Å². The predicted molar refractivity (Wildman–Crippen MR) is 81.9 cm³/mol. The van der Waals surface area contributed by atoms with Crippen LogP contribution in [0, 0.1) is 0 Å². The molecule has 0 saturated carbocycles. The summed E-state index contributed by atoms with van der Waals surface area (Å²) in [5, 5.41) is 0. The van der Waals surface area contributed by atoms with Crippen molar-refractivity contribution >= 4 is 0 Å². The molecule has 0 unspecified atom stereocenters. The van der Waals surface area contributed by atoms with E-state index in [1.807, 2.05) is 0 Å². The van der Waals surface area contributed by atoms with Crippen molar-refractivity contribution < 1.29 is 4.74 Å². The lowest BCUT2D eigenvalue weighted by atomic mass is 10.0. The lowest BCUT2D eigenvalue weighted by Gasteiger charge is -2.38. The summed E-state index contributed by atoms with van der Waals surface area (Å²) in [6.07, 6.45) is 4.14. The number of ether oxygens (including phenoxy) is 1. The highest BCUT2D eigenvalue weighted by Crippen LogP contribution is 2.24. The fraction of sp³-hybridized carbons (Fsp3) is 0.647. The number of morpholine rings is 1. The van der Waals surface area contributed by atoms with Crippen LogP contribution in [0.15, 0.2) is 30.3 Å². The molecule has 0 radical (unpaired) electrons. The van der Waals surface area contributed by atoms with Gasteiger partial charge in [0.25, 0.3) is 0 Å². The molecule has 3 rings (SSSR count). The number of rotatable bonds is 4. The van der Waals surface area contributed by atoms with Crippen LogP contribution in [-0.4, -0.2) is 55.7 Å². The van der Waals surface area contributed by atoms with Crippen LogP contribution in [-0.2, 0) is 4.74 Å². The minimum Gasteiger partial charge on any atom is -0.379 e. The first-order valence-corrected chi connectivity index (χ1v) is 8.02. The van der Waals surface area contributed by atoms with Gasteiger partial charge in [-0.2, -0.15) is 0 Å². The highest BCUT2D eigenvalue weighted by Gasteiger charge is 2.25. The quantitative estimate of drug-likeness (QED) is 0.839. The summed E-state index contributed by atoms with van der Waals surface area (Å²) >= 11 is 0. The molecule has 3 nitrogen and oxygen atoms in total. The second-order valence-electron chi connectivity index (χ2n) is 5.94. The summed E-state index contributed by atoms with van der Waals surface area (Å²) in [4.78, 5) is 5.25. The fourth-order valence-electron chi connectivity index (χ4n) is 3.38. The van der Waals surface area contributed by atoms with E-state index in [2.05, 4.69) is 40.1 Å². The molecular weight excluding hydrogens is 248 g/mol. The molecule has 110 valence electrons. The monoisotopic (exact) mass is 274 g/mol. The molecule has 2 aliphatic rings. The molecule has 2 saturated heterocycles. The molecule has 0 amide bonds. The zero-order valence-corrected chi connectivity index (χ0v) is 12.3. The molecule has 2 aliphatic heterocycles. The highest BCUT2D eigenvalue weighted by molar-refractivity contribution is 5.19. The van der Waals surface area contributed by atoms with Gasteiger partial charge in [0.2, 0.25) is 0 Å². The van der Waals surface area contributed by atoms with Crippen LogP contribution in [0.5, 0.6) is 0 Å². The van der Waals surface area contributed by atoms with Crippen LogP contribution in [0.3, 0.4) is 0 Å². The third-order valence-corrected chi connectivity index (χ3v) is 4.55. The van der Waals surface area contributed by atoms with Crippen molar-refractivity contribution in [3.8, 4) is 0 Å². The van der Waals surface area contributed by atoms with Gasteiger partial charge in [0.15, 0.2) is 0 Å². The van der Waals surface area contributed by atoms with E-state index in [9.17, 15) is 0 Å². The van der Waals surface area contributed by atoms with Gasteiger partial charge in [-0.15, -0.1) is 0 Å². The van der Waals surface area contributed by atoms with Crippen LogP contribution in [0.2, 0.25) is 0 Å². The minimum atomic E-state index is 0.526. The summed E-state index contributed by atoms with van der Waals surface area (Å²) in [5.74, 6) is 0. The van der Waals surface area contributed by atoms with Crippen LogP contribution in [0.1, 0.15) is 30.9 Å². The van der Waals surface area contributed by atoms with E-state index in [0.29, 0.717) is 6.04 Å². The number of nitrogens with zero attached hydrogens (tertiary/aromatic N) is 2. The topological polar surface area (TPSA) is 15.7 Å². The summed E-state index contributed by atoms with van der Waals surface area (Å²) < 4.78 is 5.52. The number of hydrogen-bond donors (Lipinski definition) is 0. The molecule has 0 aromatic heterocycles. The second kappa shape index (κ2) is 7.21. The summed E-state index contributed by atoms with van der Waals surface area (Å²) in [6.45, 7) is 7.60. The van der Waals surface area contributed by atoms with E-state index in [4.69, 9.17) is 4.74 Å². The molecule has 2 heterocycles. The zero-order chi connectivity index (χ0) is 13.6. The van der Waals surface area contributed by atoms with Gasteiger partial charge in [-0.1, -0.05) is 36.8 Å². The Morgan fingerprint density at radius 2 is 1.60 bits per heavy atom. The number of piperidine rings is 1. The zero-order valence-electron chi connectivity index (χ0n) is 12.3. The Labute approximate surface area is 122 Å². The Bertz CT molecular complexity index is 383. The molecule has 0 bridgehead atoms. The first-order valence-electron chi connectivity index (χ1n) is 8.02. The average molecular weight is 274 g/mol. The molecule has 1 aromatic rings. The SMILES string of the molecule is c1ccc([C@@H](CN2CCCCC2)N2CCOCC2)cc1. The van der Waals surface area contributed by atoms with E-state index < -0.39 is 0 Å². The van der Waals surface area contributed by atoms with Crippen molar-refractivity contribution in [2.45, 2.75) is 25.3 Å². The standard InChI is InChI=1S/C17H26N2O/c1-3-7-16(8-4-1)17(19-11-13-20-14-12-19)15-18-9-5-2-6-10-18/h1,3-4,7-8,17H,2,5-6,9-15H2/t17-/m1/s1. The average Bonchev–Trinajstić information content (AvgIpc) is 2.55. The lowest BCUT2D eigenvalue weighted by molar-refractivity contribution is 0.00614. The van der Waals surface area contributed by atoms with E-state index in [-0.39, 0.29) is 0 Å². The van der Waals surface area contributed by atoms with Gasteiger partial charge in [-0.25, -0.2) is 0 Å². The van der Waals surface area contributed by atoms with E-state index in [0.717, 1.165) is 26.3 Å². The van der Waals surface area contributed by atoms with Crippen molar-refractivity contribution in [1.29, 1.82) is 0 Å².